The number of rotatable bonds is 4. The molecule has 1 aromatic heterocycles. The summed E-state index contributed by atoms with van der Waals surface area (Å²) in [7, 11) is 0. The van der Waals surface area contributed by atoms with Crippen molar-refractivity contribution in [3.63, 3.8) is 0 Å². The summed E-state index contributed by atoms with van der Waals surface area (Å²) in [4.78, 5) is 18.5. The van der Waals surface area contributed by atoms with Crippen molar-refractivity contribution in [1.82, 2.24) is 4.98 Å². The Labute approximate surface area is 141 Å². The maximum Gasteiger partial charge on any atom is 0.414 e. The standard InChI is InChI=1S/C17H23N3O2S/c1-12-19-14(11-23-12)9-10-22-16(21)20(17(2,3)4)15-7-5-13(18)6-8-15/h5-8,11H,9-10,18H2,1-4H3. The zero-order valence-electron chi connectivity index (χ0n) is 14.0. The van der Waals surface area contributed by atoms with Gasteiger partial charge in [-0.25, -0.2) is 9.78 Å². The van der Waals surface area contributed by atoms with Gasteiger partial charge in [0.1, 0.15) is 0 Å². The number of aromatic nitrogens is 1. The van der Waals surface area contributed by atoms with Crippen LogP contribution in [0.4, 0.5) is 16.2 Å². The molecule has 0 fully saturated rings. The van der Waals surface area contributed by atoms with Crippen LogP contribution in [-0.4, -0.2) is 23.2 Å². The molecule has 2 aromatic rings. The second kappa shape index (κ2) is 7.00. The molecule has 2 rings (SSSR count). The van der Waals surface area contributed by atoms with Gasteiger partial charge in [-0.15, -0.1) is 11.3 Å². The summed E-state index contributed by atoms with van der Waals surface area (Å²) in [5.41, 5.74) is 7.70. The lowest BCUT2D eigenvalue weighted by Crippen LogP contribution is -2.46. The third kappa shape index (κ3) is 4.69. The summed E-state index contributed by atoms with van der Waals surface area (Å²) in [6.07, 6.45) is 0.254. The fraction of sp³-hybridized carbons (Fsp3) is 0.412. The molecule has 0 radical (unpaired) electrons. The lowest BCUT2D eigenvalue weighted by molar-refractivity contribution is 0.149. The third-order valence-corrected chi connectivity index (χ3v) is 4.08. The zero-order valence-corrected chi connectivity index (χ0v) is 14.8. The quantitative estimate of drug-likeness (QED) is 0.858. The van der Waals surface area contributed by atoms with Gasteiger partial charge < -0.3 is 10.5 Å². The van der Waals surface area contributed by atoms with Gasteiger partial charge in [0.25, 0.3) is 0 Å². The molecule has 1 heterocycles. The molecule has 0 spiro atoms. The molecule has 1 aromatic carbocycles. The van der Waals surface area contributed by atoms with Crippen LogP contribution in [0.5, 0.6) is 0 Å². The highest BCUT2D eigenvalue weighted by Crippen LogP contribution is 2.25. The Morgan fingerprint density at radius 3 is 2.48 bits per heavy atom. The summed E-state index contributed by atoms with van der Waals surface area (Å²) in [6, 6.07) is 7.20. The fourth-order valence-electron chi connectivity index (χ4n) is 2.22. The molecule has 0 aliphatic carbocycles. The van der Waals surface area contributed by atoms with E-state index in [1.165, 1.54) is 0 Å². The largest absolute Gasteiger partial charge is 0.449 e. The molecule has 1 amide bonds. The third-order valence-electron chi connectivity index (χ3n) is 3.25. The number of carbonyl (C=O) groups excluding carboxylic acids is 1. The van der Waals surface area contributed by atoms with E-state index in [1.807, 2.05) is 45.2 Å². The van der Waals surface area contributed by atoms with E-state index in [2.05, 4.69) is 4.98 Å². The summed E-state index contributed by atoms with van der Waals surface area (Å²) >= 11 is 1.60. The van der Waals surface area contributed by atoms with Gasteiger partial charge in [-0.05, 0) is 52.0 Å². The SMILES string of the molecule is Cc1nc(CCOC(=O)N(c2ccc(N)cc2)C(C)(C)C)cs1. The van der Waals surface area contributed by atoms with Crippen molar-refractivity contribution >= 4 is 28.8 Å². The van der Waals surface area contributed by atoms with Gasteiger partial charge in [0, 0.05) is 28.7 Å². The van der Waals surface area contributed by atoms with Crippen molar-refractivity contribution in [2.45, 2.75) is 39.7 Å². The van der Waals surface area contributed by atoms with E-state index in [0.717, 1.165) is 16.4 Å². The van der Waals surface area contributed by atoms with E-state index >= 15 is 0 Å². The number of anilines is 2. The van der Waals surface area contributed by atoms with Crippen LogP contribution in [0, 0.1) is 6.92 Å². The average molecular weight is 333 g/mol. The minimum Gasteiger partial charge on any atom is -0.449 e. The summed E-state index contributed by atoms with van der Waals surface area (Å²) in [6.45, 7) is 8.17. The van der Waals surface area contributed by atoms with Crippen molar-refractivity contribution < 1.29 is 9.53 Å². The van der Waals surface area contributed by atoms with Crippen molar-refractivity contribution in [3.05, 3.63) is 40.3 Å². The van der Waals surface area contributed by atoms with E-state index in [1.54, 1.807) is 28.4 Å². The Hall–Kier alpha value is -2.08. The highest BCUT2D eigenvalue weighted by molar-refractivity contribution is 7.09. The van der Waals surface area contributed by atoms with E-state index in [9.17, 15) is 4.79 Å². The van der Waals surface area contributed by atoms with Crippen LogP contribution in [-0.2, 0) is 11.2 Å². The van der Waals surface area contributed by atoms with E-state index in [0.29, 0.717) is 18.7 Å². The van der Waals surface area contributed by atoms with Gasteiger partial charge in [-0.2, -0.15) is 0 Å². The lowest BCUT2D eigenvalue weighted by atomic mass is 10.1. The number of aryl methyl sites for hydroxylation is 1. The average Bonchev–Trinajstić information content (AvgIpc) is 2.85. The molecule has 0 aliphatic heterocycles. The number of carbonyl (C=O) groups is 1. The van der Waals surface area contributed by atoms with Crippen LogP contribution in [0.15, 0.2) is 29.6 Å². The van der Waals surface area contributed by atoms with Crippen molar-refractivity contribution in [1.29, 1.82) is 0 Å². The van der Waals surface area contributed by atoms with Crippen LogP contribution in [0.2, 0.25) is 0 Å². The fourth-order valence-corrected chi connectivity index (χ4v) is 2.87. The van der Waals surface area contributed by atoms with E-state index in [-0.39, 0.29) is 6.09 Å². The topological polar surface area (TPSA) is 68.5 Å². The minimum atomic E-state index is -0.398. The Bertz CT molecular complexity index is 659. The number of thiazole rings is 1. The number of hydrogen-bond donors (Lipinski definition) is 1. The Morgan fingerprint density at radius 2 is 1.96 bits per heavy atom. The maximum atomic E-state index is 12.5. The van der Waals surface area contributed by atoms with Crippen LogP contribution in [0.1, 0.15) is 31.5 Å². The maximum absolute atomic E-state index is 12.5. The number of amides is 1. The molecule has 0 saturated carbocycles. The second-order valence-corrected chi connectivity index (χ2v) is 7.38. The van der Waals surface area contributed by atoms with E-state index in [4.69, 9.17) is 10.5 Å². The first-order chi connectivity index (χ1) is 10.8. The molecule has 6 heteroatoms. The summed E-state index contributed by atoms with van der Waals surface area (Å²) in [5, 5.41) is 3.01. The number of nitrogens with zero attached hydrogens (tertiary/aromatic N) is 2. The summed E-state index contributed by atoms with van der Waals surface area (Å²) < 4.78 is 5.45. The molecule has 2 N–H and O–H groups in total. The van der Waals surface area contributed by atoms with Crippen LogP contribution >= 0.6 is 11.3 Å². The Balaban J connectivity index is 2.04. The molecular weight excluding hydrogens is 310 g/mol. The van der Waals surface area contributed by atoms with Gasteiger partial charge in [0.05, 0.1) is 17.3 Å². The van der Waals surface area contributed by atoms with Crippen LogP contribution in [0.25, 0.3) is 0 Å². The highest BCUT2D eigenvalue weighted by atomic mass is 32.1. The van der Waals surface area contributed by atoms with Crippen LogP contribution in [0.3, 0.4) is 0 Å². The first-order valence-corrected chi connectivity index (χ1v) is 8.39. The van der Waals surface area contributed by atoms with Gasteiger partial charge in [-0.1, -0.05) is 0 Å². The number of nitrogens with two attached hydrogens (primary N) is 1. The molecule has 0 saturated heterocycles. The monoisotopic (exact) mass is 333 g/mol. The smallest absolute Gasteiger partial charge is 0.414 e. The molecule has 5 nitrogen and oxygen atoms in total. The lowest BCUT2D eigenvalue weighted by Gasteiger charge is -2.34. The molecule has 0 aliphatic rings. The number of nitrogen functional groups attached to an aromatic ring is 1. The molecule has 0 atom stereocenters. The summed E-state index contributed by atoms with van der Waals surface area (Å²) in [5.74, 6) is 0. The van der Waals surface area contributed by atoms with Gasteiger partial charge in [0.2, 0.25) is 0 Å². The Kier molecular flexibility index (Phi) is 5.26. The second-order valence-electron chi connectivity index (χ2n) is 6.32. The normalized spacial score (nSPS) is 11.3. The number of hydrogen-bond acceptors (Lipinski definition) is 5. The molecular formula is C17H23N3O2S. The van der Waals surface area contributed by atoms with Crippen molar-refractivity contribution in [2.24, 2.45) is 0 Å². The molecule has 23 heavy (non-hydrogen) atoms. The van der Waals surface area contributed by atoms with Crippen molar-refractivity contribution in [2.75, 3.05) is 17.2 Å². The van der Waals surface area contributed by atoms with Gasteiger partial charge in [-0.3, -0.25) is 4.90 Å². The first kappa shape index (κ1) is 17.3. The van der Waals surface area contributed by atoms with Crippen molar-refractivity contribution in [3.8, 4) is 0 Å². The molecule has 0 unspecified atom stereocenters. The molecule has 124 valence electrons. The first-order valence-electron chi connectivity index (χ1n) is 7.51. The number of benzene rings is 1. The van der Waals surface area contributed by atoms with E-state index < -0.39 is 5.54 Å². The Morgan fingerprint density at radius 1 is 1.30 bits per heavy atom. The number of ether oxygens (including phenoxy) is 1. The van der Waals surface area contributed by atoms with Crippen LogP contribution < -0.4 is 10.6 Å². The zero-order chi connectivity index (χ0) is 17.0. The predicted octanol–water partition coefficient (Wildman–Crippen LogP) is 4.02. The minimum absolute atomic E-state index is 0.309. The predicted molar refractivity (Wildman–Crippen MR) is 95.0 cm³/mol. The van der Waals surface area contributed by atoms with Gasteiger partial charge >= 0.3 is 6.09 Å². The van der Waals surface area contributed by atoms with Gasteiger partial charge in [0.15, 0.2) is 0 Å². The molecule has 0 bridgehead atoms. The highest BCUT2D eigenvalue weighted by Gasteiger charge is 2.29.